The third-order valence-corrected chi connectivity index (χ3v) is 4.92. The van der Waals surface area contributed by atoms with Crippen LogP contribution in [0.2, 0.25) is 0 Å². The van der Waals surface area contributed by atoms with E-state index in [-0.39, 0.29) is 17.2 Å². The zero-order valence-corrected chi connectivity index (χ0v) is 13.6. The Morgan fingerprint density at radius 3 is 2.21 bits per heavy atom. The Labute approximate surface area is 140 Å². The van der Waals surface area contributed by atoms with Gasteiger partial charge in [-0.3, -0.25) is 0 Å². The molecule has 0 spiro atoms. The van der Waals surface area contributed by atoms with E-state index in [1.807, 2.05) is 24.3 Å². The number of benzene rings is 2. The first-order chi connectivity index (χ1) is 11.6. The van der Waals surface area contributed by atoms with E-state index in [2.05, 4.69) is 0 Å². The van der Waals surface area contributed by atoms with Gasteiger partial charge in [0.15, 0.2) is 11.6 Å². The molecule has 0 atom stereocenters. The highest BCUT2D eigenvalue weighted by molar-refractivity contribution is 5.65. The molecule has 0 bridgehead atoms. The Morgan fingerprint density at radius 2 is 1.62 bits per heavy atom. The lowest BCUT2D eigenvalue weighted by atomic mass is 9.79. The number of rotatable bonds is 4. The number of hydrogen-bond acceptors (Lipinski definition) is 2. The summed E-state index contributed by atoms with van der Waals surface area (Å²) in [6.45, 7) is 0. The van der Waals surface area contributed by atoms with Gasteiger partial charge in [-0.2, -0.15) is 4.39 Å². The van der Waals surface area contributed by atoms with Crippen molar-refractivity contribution in [1.82, 2.24) is 0 Å². The lowest BCUT2D eigenvalue weighted by molar-refractivity contribution is -0.111. The van der Waals surface area contributed by atoms with Crippen molar-refractivity contribution in [3.05, 3.63) is 53.6 Å². The Kier molecular flexibility index (Phi) is 4.93. The third kappa shape index (κ3) is 3.18. The predicted octanol–water partition coefficient (Wildman–Crippen LogP) is 5.11. The standard InChI is InChI=1S/C20H20F2O2/c1-24-18-11-10-17(19(21)20(18)22)16-8-6-15(7-9-16)14-4-2-13(12-23)3-5-14/h6-14H,2-5H2,1H3. The van der Waals surface area contributed by atoms with Crippen LogP contribution in [-0.2, 0) is 4.79 Å². The van der Waals surface area contributed by atoms with Gasteiger partial charge in [-0.15, -0.1) is 0 Å². The van der Waals surface area contributed by atoms with E-state index in [0.29, 0.717) is 11.5 Å². The molecule has 2 nitrogen and oxygen atoms in total. The molecule has 1 aliphatic rings. The van der Waals surface area contributed by atoms with E-state index in [0.717, 1.165) is 32.0 Å². The second kappa shape index (κ2) is 7.12. The lowest BCUT2D eigenvalue weighted by Crippen LogP contribution is -2.14. The van der Waals surface area contributed by atoms with Gasteiger partial charge in [-0.1, -0.05) is 24.3 Å². The van der Waals surface area contributed by atoms with Crippen molar-refractivity contribution in [3.63, 3.8) is 0 Å². The van der Waals surface area contributed by atoms with Crippen LogP contribution in [0.1, 0.15) is 37.2 Å². The summed E-state index contributed by atoms with van der Waals surface area (Å²) in [7, 11) is 1.31. The summed E-state index contributed by atoms with van der Waals surface area (Å²) in [5.41, 5.74) is 2.06. The molecular weight excluding hydrogens is 310 g/mol. The zero-order valence-electron chi connectivity index (χ0n) is 13.6. The van der Waals surface area contributed by atoms with E-state index in [9.17, 15) is 13.6 Å². The maximum atomic E-state index is 14.2. The summed E-state index contributed by atoms with van der Waals surface area (Å²) >= 11 is 0. The SMILES string of the molecule is COc1ccc(-c2ccc(C3CCC(C=O)CC3)cc2)c(F)c1F. The van der Waals surface area contributed by atoms with Gasteiger partial charge in [0.05, 0.1) is 7.11 Å². The van der Waals surface area contributed by atoms with Gasteiger partial charge in [-0.25, -0.2) is 4.39 Å². The van der Waals surface area contributed by atoms with Crippen LogP contribution in [0.25, 0.3) is 11.1 Å². The molecule has 0 radical (unpaired) electrons. The molecule has 126 valence electrons. The average molecular weight is 330 g/mol. The first-order valence-corrected chi connectivity index (χ1v) is 8.21. The van der Waals surface area contributed by atoms with Crippen molar-refractivity contribution in [3.8, 4) is 16.9 Å². The molecular formula is C20H20F2O2. The Hall–Kier alpha value is -2.23. The van der Waals surface area contributed by atoms with Crippen molar-refractivity contribution >= 4 is 6.29 Å². The fourth-order valence-corrected chi connectivity index (χ4v) is 3.44. The van der Waals surface area contributed by atoms with Crippen LogP contribution in [0, 0.1) is 17.6 Å². The van der Waals surface area contributed by atoms with E-state index in [4.69, 9.17) is 4.74 Å². The number of halogens is 2. The molecule has 4 heteroatoms. The molecule has 0 unspecified atom stereocenters. The molecule has 1 aliphatic carbocycles. The summed E-state index contributed by atoms with van der Waals surface area (Å²) < 4.78 is 32.8. The maximum Gasteiger partial charge on any atom is 0.201 e. The summed E-state index contributed by atoms with van der Waals surface area (Å²) in [6.07, 6.45) is 4.89. The molecule has 3 rings (SSSR count). The Morgan fingerprint density at radius 1 is 0.958 bits per heavy atom. The number of methoxy groups -OCH3 is 1. The molecule has 2 aromatic rings. The van der Waals surface area contributed by atoms with Gasteiger partial charge < -0.3 is 9.53 Å². The normalized spacial score (nSPS) is 20.6. The molecule has 0 aromatic heterocycles. The van der Waals surface area contributed by atoms with Gasteiger partial charge in [0, 0.05) is 11.5 Å². The van der Waals surface area contributed by atoms with Crippen LogP contribution in [0.3, 0.4) is 0 Å². The Balaban J connectivity index is 1.80. The number of ether oxygens (including phenoxy) is 1. The summed E-state index contributed by atoms with van der Waals surface area (Å²) in [5, 5.41) is 0. The number of carbonyl (C=O) groups is 1. The van der Waals surface area contributed by atoms with Gasteiger partial charge in [0.25, 0.3) is 0 Å². The highest BCUT2D eigenvalue weighted by atomic mass is 19.2. The summed E-state index contributed by atoms with van der Waals surface area (Å²) in [5.74, 6) is -1.33. The zero-order chi connectivity index (χ0) is 17.1. The molecule has 1 fully saturated rings. The molecule has 24 heavy (non-hydrogen) atoms. The fraction of sp³-hybridized carbons (Fsp3) is 0.350. The minimum absolute atomic E-state index is 0.0974. The smallest absolute Gasteiger partial charge is 0.201 e. The molecule has 1 saturated carbocycles. The number of aldehydes is 1. The first-order valence-electron chi connectivity index (χ1n) is 8.21. The maximum absolute atomic E-state index is 14.2. The van der Waals surface area contributed by atoms with Crippen molar-refractivity contribution < 1.29 is 18.3 Å². The number of hydrogen-bond donors (Lipinski definition) is 0. The fourth-order valence-electron chi connectivity index (χ4n) is 3.44. The van der Waals surface area contributed by atoms with Crippen LogP contribution in [0.5, 0.6) is 5.75 Å². The second-order valence-corrected chi connectivity index (χ2v) is 6.31. The first kappa shape index (κ1) is 16.6. The molecule has 0 heterocycles. The summed E-state index contributed by atoms with van der Waals surface area (Å²) in [4.78, 5) is 10.8. The van der Waals surface area contributed by atoms with Crippen LogP contribution >= 0.6 is 0 Å². The van der Waals surface area contributed by atoms with Crippen molar-refractivity contribution in [1.29, 1.82) is 0 Å². The van der Waals surface area contributed by atoms with Gasteiger partial charge in [0.2, 0.25) is 5.82 Å². The molecule has 0 N–H and O–H groups in total. The highest BCUT2D eigenvalue weighted by Crippen LogP contribution is 2.36. The van der Waals surface area contributed by atoms with Gasteiger partial charge in [-0.05, 0) is 54.9 Å². The molecule has 0 saturated heterocycles. The lowest BCUT2D eigenvalue weighted by Gasteiger charge is -2.25. The van der Waals surface area contributed by atoms with E-state index < -0.39 is 11.6 Å². The molecule has 0 amide bonds. The third-order valence-electron chi connectivity index (χ3n) is 4.92. The molecule has 0 aliphatic heterocycles. The minimum atomic E-state index is -0.966. The quantitative estimate of drug-likeness (QED) is 0.728. The van der Waals surface area contributed by atoms with Crippen LogP contribution in [0.4, 0.5) is 8.78 Å². The van der Waals surface area contributed by atoms with Crippen molar-refractivity contribution in [2.75, 3.05) is 7.11 Å². The van der Waals surface area contributed by atoms with E-state index in [1.54, 1.807) is 0 Å². The molecule has 2 aromatic carbocycles. The second-order valence-electron chi connectivity index (χ2n) is 6.31. The highest BCUT2D eigenvalue weighted by Gasteiger charge is 2.22. The minimum Gasteiger partial charge on any atom is -0.494 e. The van der Waals surface area contributed by atoms with Gasteiger partial charge >= 0.3 is 0 Å². The largest absolute Gasteiger partial charge is 0.494 e. The van der Waals surface area contributed by atoms with E-state index >= 15 is 0 Å². The van der Waals surface area contributed by atoms with Crippen LogP contribution < -0.4 is 4.74 Å². The average Bonchev–Trinajstić information content (AvgIpc) is 2.64. The van der Waals surface area contributed by atoms with Crippen molar-refractivity contribution in [2.45, 2.75) is 31.6 Å². The monoisotopic (exact) mass is 330 g/mol. The van der Waals surface area contributed by atoms with E-state index in [1.165, 1.54) is 24.8 Å². The van der Waals surface area contributed by atoms with Crippen LogP contribution in [-0.4, -0.2) is 13.4 Å². The van der Waals surface area contributed by atoms with Crippen LogP contribution in [0.15, 0.2) is 36.4 Å². The topological polar surface area (TPSA) is 26.3 Å². The Bertz CT molecular complexity index is 717. The van der Waals surface area contributed by atoms with Gasteiger partial charge in [0.1, 0.15) is 6.29 Å². The van der Waals surface area contributed by atoms with Crippen molar-refractivity contribution in [2.24, 2.45) is 5.92 Å². The summed E-state index contributed by atoms with van der Waals surface area (Å²) in [6, 6.07) is 10.6. The number of carbonyl (C=O) groups excluding carboxylic acids is 1. The predicted molar refractivity (Wildman–Crippen MR) is 89.1 cm³/mol.